The monoisotopic (exact) mass is 244 g/mol. The second-order valence-electron chi connectivity index (χ2n) is 3.72. The van der Waals surface area contributed by atoms with Crippen molar-refractivity contribution < 1.29 is 9.90 Å². The molecule has 1 atom stereocenters. The van der Waals surface area contributed by atoms with Gasteiger partial charge >= 0.3 is 0 Å². The second kappa shape index (κ2) is 5.92. The fourth-order valence-electron chi connectivity index (χ4n) is 1.49. The molecule has 1 aromatic rings. The minimum absolute atomic E-state index is 0.0449. The third kappa shape index (κ3) is 3.25. The Bertz CT molecular complexity index is 363. The lowest BCUT2D eigenvalue weighted by Gasteiger charge is -2.13. The predicted octanol–water partition coefficient (Wildman–Crippen LogP) is 1.66. The van der Waals surface area contributed by atoms with Crippen molar-refractivity contribution >= 4 is 17.5 Å². The highest BCUT2D eigenvalue weighted by Crippen LogP contribution is 2.14. The van der Waals surface area contributed by atoms with Gasteiger partial charge in [0.2, 0.25) is 0 Å². The molecule has 1 heterocycles. The number of carbonyl (C=O) groups is 1. The first kappa shape index (κ1) is 13.1. The third-order valence-corrected chi connectivity index (χ3v) is 2.58. The Morgan fingerprint density at radius 2 is 2.38 bits per heavy atom. The van der Waals surface area contributed by atoms with Gasteiger partial charge in [0.25, 0.3) is 5.91 Å². The number of halogens is 1. The standard InChI is InChI=1S/C11H17ClN2O2/c1-3-14-7-9(12)6-10(14)11(16)13-8(2)4-5-15/h6-8,15H,3-5H2,1-2H3,(H,13,16). The summed E-state index contributed by atoms with van der Waals surface area (Å²) in [5.41, 5.74) is 0.553. The highest BCUT2D eigenvalue weighted by atomic mass is 35.5. The summed E-state index contributed by atoms with van der Waals surface area (Å²) in [4.78, 5) is 11.9. The molecule has 1 aromatic heterocycles. The summed E-state index contributed by atoms with van der Waals surface area (Å²) in [6.45, 7) is 4.57. The minimum atomic E-state index is -0.158. The van der Waals surface area contributed by atoms with Crippen LogP contribution in [0, 0.1) is 0 Å². The van der Waals surface area contributed by atoms with E-state index in [1.807, 2.05) is 13.8 Å². The van der Waals surface area contributed by atoms with Crippen molar-refractivity contribution in [2.24, 2.45) is 0 Å². The molecule has 0 aliphatic carbocycles. The average Bonchev–Trinajstić information content (AvgIpc) is 2.59. The number of hydrogen-bond donors (Lipinski definition) is 2. The lowest BCUT2D eigenvalue weighted by atomic mass is 10.2. The Hall–Kier alpha value is -1.00. The zero-order valence-electron chi connectivity index (χ0n) is 9.53. The summed E-state index contributed by atoms with van der Waals surface area (Å²) in [5.74, 6) is -0.158. The number of nitrogens with one attached hydrogen (secondary N) is 1. The van der Waals surface area contributed by atoms with Gasteiger partial charge in [-0.2, -0.15) is 0 Å². The Morgan fingerprint density at radius 3 is 2.94 bits per heavy atom. The summed E-state index contributed by atoms with van der Waals surface area (Å²) in [5, 5.41) is 12.1. The summed E-state index contributed by atoms with van der Waals surface area (Å²) in [6, 6.07) is 1.60. The quantitative estimate of drug-likeness (QED) is 0.828. The Kier molecular flexibility index (Phi) is 4.83. The van der Waals surface area contributed by atoms with Gasteiger partial charge in [0.1, 0.15) is 5.69 Å². The van der Waals surface area contributed by atoms with E-state index < -0.39 is 0 Å². The molecule has 0 aliphatic rings. The van der Waals surface area contributed by atoms with Gasteiger partial charge in [0, 0.05) is 25.4 Å². The van der Waals surface area contributed by atoms with Crippen molar-refractivity contribution in [3.63, 3.8) is 0 Å². The van der Waals surface area contributed by atoms with E-state index in [0.29, 0.717) is 23.7 Å². The van der Waals surface area contributed by atoms with E-state index in [2.05, 4.69) is 5.32 Å². The largest absolute Gasteiger partial charge is 0.396 e. The first-order chi connectivity index (χ1) is 7.58. The Morgan fingerprint density at radius 1 is 1.69 bits per heavy atom. The molecule has 0 fully saturated rings. The molecule has 0 radical (unpaired) electrons. The molecular weight excluding hydrogens is 228 g/mol. The summed E-state index contributed by atoms with van der Waals surface area (Å²) in [7, 11) is 0. The molecule has 16 heavy (non-hydrogen) atoms. The van der Waals surface area contributed by atoms with E-state index in [9.17, 15) is 4.79 Å². The number of carbonyl (C=O) groups excluding carboxylic acids is 1. The van der Waals surface area contributed by atoms with Crippen LogP contribution in [-0.2, 0) is 6.54 Å². The number of rotatable bonds is 5. The van der Waals surface area contributed by atoms with Crippen LogP contribution in [0.15, 0.2) is 12.3 Å². The lowest BCUT2D eigenvalue weighted by Crippen LogP contribution is -2.34. The number of aliphatic hydroxyl groups excluding tert-OH is 1. The van der Waals surface area contributed by atoms with Crippen LogP contribution in [0.3, 0.4) is 0 Å². The molecule has 1 rings (SSSR count). The van der Waals surface area contributed by atoms with Crippen LogP contribution < -0.4 is 5.32 Å². The lowest BCUT2D eigenvalue weighted by molar-refractivity contribution is 0.0925. The van der Waals surface area contributed by atoms with Crippen LogP contribution >= 0.6 is 11.6 Å². The fraction of sp³-hybridized carbons (Fsp3) is 0.545. The average molecular weight is 245 g/mol. The topological polar surface area (TPSA) is 54.3 Å². The molecule has 2 N–H and O–H groups in total. The first-order valence-corrected chi connectivity index (χ1v) is 5.73. The van der Waals surface area contributed by atoms with E-state index in [-0.39, 0.29) is 18.6 Å². The predicted molar refractivity (Wildman–Crippen MR) is 63.7 cm³/mol. The van der Waals surface area contributed by atoms with Crippen LogP contribution in [-0.4, -0.2) is 28.2 Å². The van der Waals surface area contributed by atoms with Gasteiger partial charge in [0.15, 0.2) is 0 Å². The molecule has 5 heteroatoms. The number of aliphatic hydroxyl groups is 1. The van der Waals surface area contributed by atoms with E-state index in [1.54, 1.807) is 16.8 Å². The second-order valence-corrected chi connectivity index (χ2v) is 4.15. The Balaban J connectivity index is 2.72. The first-order valence-electron chi connectivity index (χ1n) is 5.35. The molecule has 1 amide bonds. The van der Waals surface area contributed by atoms with Crippen molar-refractivity contribution in [1.29, 1.82) is 0 Å². The molecular formula is C11H17ClN2O2. The molecule has 0 aromatic carbocycles. The van der Waals surface area contributed by atoms with E-state index >= 15 is 0 Å². The van der Waals surface area contributed by atoms with Crippen molar-refractivity contribution in [2.75, 3.05) is 6.61 Å². The number of nitrogens with zero attached hydrogens (tertiary/aromatic N) is 1. The maximum absolute atomic E-state index is 11.9. The highest BCUT2D eigenvalue weighted by Gasteiger charge is 2.14. The molecule has 4 nitrogen and oxygen atoms in total. The van der Waals surface area contributed by atoms with Crippen molar-refractivity contribution in [3.8, 4) is 0 Å². The van der Waals surface area contributed by atoms with E-state index in [1.165, 1.54) is 0 Å². The maximum atomic E-state index is 11.9. The number of aryl methyl sites for hydroxylation is 1. The van der Waals surface area contributed by atoms with Crippen LogP contribution in [0.4, 0.5) is 0 Å². The minimum Gasteiger partial charge on any atom is -0.396 e. The van der Waals surface area contributed by atoms with Crippen LogP contribution in [0.1, 0.15) is 30.8 Å². The SMILES string of the molecule is CCn1cc(Cl)cc1C(=O)NC(C)CCO. The molecule has 1 unspecified atom stereocenters. The van der Waals surface area contributed by atoms with Crippen LogP contribution in [0.25, 0.3) is 0 Å². The molecule has 0 spiro atoms. The number of aromatic nitrogens is 1. The van der Waals surface area contributed by atoms with Gasteiger partial charge < -0.3 is 15.0 Å². The zero-order valence-corrected chi connectivity index (χ0v) is 10.3. The normalized spacial score (nSPS) is 12.5. The fourth-order valence-corrected chi connectivity index (χ4v) is 1.71. The maximum Gasteiger partial charge on any atom is 0.268 e. The van der Waals surface area contributed by atoms with Gasteiger partial charge in [-0.1, -0.05) is 11.6 Å². The molecule has 0 aliphatic heterocycles. The molecule has 0 saturated heterocycles. The molecule has 0 bridgehead atoms. The smallest absolute Gasteiger partial charge is 0.268 e. The van der Waals surface area contributed by atoms with Gasteiger partial charge in [-0.15, -0.1) is 0 Å². The zero-order chi connectivity index (χ0) is 12.1. The number of hydrogen-bond acceptors (Lipinski definition) is 2. The van der Waals surface area contributed by atoms with Crippen molar-refractivity contribution in [2.45, 2.75) is 32.9 Å². The van der Waals surface area contributed by atoms with Crippen molar-refractivity contribution in [1.82, 2.24) is 9.88 Å². The van der Waals surface area contributed by atoms with Gasteiger partial charge in [-0.25, -0.2) is 0 Å². The highest BCUT2D eigenvalue weighted by molar-refractivity contribution is 6.31. The molecule has 0 saturated carbocycles. The van der Waals surface area contributed by atoms with Crippen molar-refractivity contribution in [3.05, 3.63) is 23.0 Å². The summed E-state index contributed by atoms with van der Waals surface area (Å²) in [6.07, 6.45) is 2.28. The van der Waals surface area contributed by atoms with Crippen LogP contribution in [0.5, 0.6) is 0 Å². The van der Waals surface area contributed by atoms with E-state index in [4.69, 9.17) is 16.7 Å². The third-order valence-electron chi connectivity index (χ3n) is 2.38. The summed E-state index contributed by atoms with van der Waals surface area (Å²) >= 11 is 5.85. The van der Waals surface area contributed by atoms with Gasteiger partial charge in [0.05, 0.1) is 5.02 Å². The van der Waals surface area contributed by atoms with Crippen LogP contribution in [0.2, 0.25) is 5.02 Å². The van der Waals surface area contributed by atoms with Gasteiger partial charge in [-0.3, -0.25) is 4.79 Å². The van der Waals surface area contributed by atoms with Gasteiger partial charge in [-0.05, 0) is 26.3 Å². The Labute approximate surface area is 100 Å². The molecule has 90 valence electrons. The number of amides is 1. The summed E-state index contributed by atoms with van der Waals surface area (Å²) < 4.78 is 1.79. The van der Waals surface area contributed by atoms with E-state index in [0.717, 1.165) is 0 Å².